The Hall–Kier alpha value is -1.27. The van der Waals surface area contributed by atoms with E-state index >= 15 is 0 Å². The van der Waals surface area contributed by atoms with Crippen molar-refractivity contribution in [3.63, 3.8) is 0 Å². The summed E-state index contributed by atoms with van der Waals surface area (Å²) in [5.74, 6) is 0.913. The van der Waals surface area contributed by atoms with E-state index in [4.69, 9.17) is 10.5 Å². The maximum absolute atomic E-state index is 11.9. The minimum Gasteiger partial charge on any atom is -0.394 e. The summed E-state index contributed by atoms with van der Waals surface area (Å²) in [7, 11) is 3.12. The predicted molar refractivity (Wildman–Crippen MR) is 93.7 cm³/mol. The number of hydrogen-bond acceptors (Lipinski definition) is 9. The van der Waals surface area contributed by atoms with Crippen LogP contribution in [0.4, 0.5) is 5.95 Å². The smallest absolute Gasteiger partial charge is 0.280 e. The zero-order valence-electron chi connectivity index (χ0n) is 13.0. The van der Waals surface area contributed by atoms with Gasteiger partial charge >= 0.3 is 0 Å². The number of anilines is 1. The van der Waals surface area contributed by atoms with Gasteiger partial charge in [-0.2, -0.15) is 4.98 Å². The third-order valence-corrected chi connectivity index (χ3v) is 6.70. The molecule has 1 aliphatic heterocycles. The van der Waals surface area contributed by atoms with E-state index in [-0.39, 0.29) is 29.0 Å². The Bertz CT molecular complexity index is 766. The second-order valence-electron chi connectivity index (χ2n) is 5.40. The van der Waals surface area contributed by atoms with E-state index in [0.717, 1.165) is 12.2 Å². The lowest BCUT2D eigenvalue weighted by molar-refractivity contribution is -0.0430. The molecular weight excluding hydrogens is 354 g/mol. The number of H-pyrrole nitrogens is 1. The number of aromatic amines is 1. The van der Waals surface area contributed by atoms with Crippen molar-refractivity contribution in [2.24, 2.45) is 0 Å². The number of aliphatic hydroxyl groups is 2. The molecule has 0 saturated carbocycles. The molecule has 1 fully saturated rings. The molecule has 1 saturated heterocycles. The average Bonchev–Trinajstić information content (AvgIpc) is 3.09. The van der Waals surface area contributed by atoms with E-state index in [9.17, 15) is 15.0 Å². The number of imidazole rings is 1. The number of fused-ring (bicyclic) bond motifs is 1. The van der Waals surface area contributed by atoms with Crippen LogP contribution in [0.5, 0.6) is 0 Å². The first-order valence-electron chi connectivity index (χ1n) is 7.51. The molecule has 2 aromatic heterocycles. The molecule has 0 aliphatic carbocycles. The quantitative estimate of drug-likeness (QED) is 0.410. The molecule has 5 N–H and O–H groups in total. The van der Waals surface area contributed by atoms with Gasteiger partial charge in [0.25, 0.3) is 5.56 Å². The highest BCUT2D eigenvalue weighted by atomic mass is 33.1. The van der Waals surface area contributed by atoms with Crippen LogP contribution in [0, 0.1) is 0 Å². The monoisotopic (exact) mass is 373 g/mol. The number of nitrogens with zero attached hydrogens (tertiary/aromatic N) is 3. The summed E-state index contributed by atoms with van der Waals surface area (Å²) in [4.78, 5) is 22.5. The fraction of sp³-hybridized carbons (Fsp3) is 0.615. The van der Waals surface area contributed by atoms with Crippen molar-refractivity contribution in [2.45, 2.75) is 37.0 Å². The van der Waals surface area contributed by atoms with Crippen molar-refractivity contribution in [3.05, 3.63) is 16.7 Å². The van der Waals surface area contributed by atoms with Gasteiger partial charge in [-0.05, 0) is 6.42 Å². The largest absolute Gasteiger partial charge is 0.394 e. The van der Waals surface area contributed by atoms with Gasteiger partial charge < -0.3 is 20.7 Å². The number of aromatic nitrogens is 4. The number of nitrogens with one attached hydrogen (secondary N) is 1. The van der Waals surface area contributed by atoms with Gasteiger partial charge in [0.2, 0.25) is 5.95 Å². The number of ether oxygens (including phenoxy) is 1. The molecular formula is C13H19N5O4S2. The molecule has 1 aliphatic rings. The number of hydrogen-bond donors (Lipinski definition) is 4. The maximum Gasteiger partial charge on any atom is 0.280 e. The first kappa shape index (κ1) is 17.5. The second kappa shape index (κ2) is 7.31. The highest BCUT2D eigenvalue weighted by molar-refractivity contribution is 8.77. The normalized spacial score (nSPS) is 27.1. The van der Waals surface area contributed by atoms with E-state index in [2.05, 4.69) is 21.9 Å². The third kappa shape index (κ3) is 3.14. The van der Waals surface area contributed by atoms with Crippen molar-refractivity contribution in [1.82, 2.24) is 19.5 Å². The second-order valence-corrected chi connectivity index (χ2v) is 8.06. The molecule has 3 rings (SSSR count). The fourth-order valence-electron chi connectivity index (χ4n) is 2.54. The molecule has 11 heteroatoms. The minimum absolute atomic E-state index is 0.0175. The van der Waals surface area contributed by atoms with E-state index in [1.807, 2.05) is 0 Å². The highest BCUT2D eigenvalue weighted by Gasteiger charge is 2.45. The molecule has 1 unspecified atom stereocenters. The summed E-state index contributed by atoms with van der Waals surface area (Å²) in [6.07, 6.45) is 0.307. The van der Waals surface area contributed by atoms with Gasteiger partial charge in [0.15, 0.2) is 17.4 Å². The molecule has 0 amide bonds. The molecule has 0 spiro atoms. The summed E-state index contributed by atoms with van der Waals surface area (Å²) in [6, 6.07) is 0. The third-order valence-electron chi connectivity index (χ3n) is 3.68. The summed E-state index contributed by atoms with van der Waals surface area (Å²) in [5, 5.41) is 19.5. The van der Waals surface area contributed by atoms with Gasteiger partial charge in [0.05, 0.1) is 24.3 Å². The lowest BCUT2D eigenvalue weighted by Gasteiger charge is -2.20. The number of aliphatic hydroxyl groups excluding tert-OH is 2. The molecule has 24 heavy (non-hydrogen) atoms. The van der Waals surface area contributed by atoms with Crippen LogP contribution in [0.15, 0.2) is 11.1 Å². The molecule has 0 radical (unpaired) electrons. The Morgan fingerprint density at radius 3 is 3.04 bits per heavy atom. The highest BCUT2D eigenvalue weighted by Crippen LogP contribution is 2.43. The van der Waals surface area contributed by atoms with Gasteiger partial charge in [0.1, 0.15) is 6.10 Å². The fourth-order valence-corrected chi connectivity index (χ4v) is 5.42. The van der Waals surface area contributed by atoms with Gasteiger partial charge in [-0.1, -0.05) is 28.5 Å². The minimum atomic E-state index is -0.842. The van der Waals surface area contributed by atoms with Crippen molar-refractivity contribution in [1.29, 1.82) is 0 Å². The van der Waals surface area contributed by atoms with Crippen molar-refractivity contribution in [2.75, 3.05) is 18.1 Å². The zero-order valence-corrected chi connectivity index (χ0v) is 14.6. The summed E-state index contributed by atoms with van der Waals surface area (Å²) < 4.78 is 7.38. The summed E-state index contributed by atoms with van der Waals surface area (Å²) in [5.41, 5.74) is 5.63. The van der Waals surface area contributed by atoms with Crippen LogP contribution in [0.2, 0.25) is 0 Å². The van der Waals surface area contributed by atoms with Crippen LogP contribution in [0.1, 0.15) is 19.6 Å². The predicted octanol–water partition coefficient (Wildman–Crippen LogP) is 0.112. The summed E-state index contributed by atoms with van der Waals surface area (Å²) >= 11 is 0. The van der Waals surface area contributed by atoms with E-state index in [1.54, 1.807) is 15.4 Å². The van der Waals surface area contributed by atoms with Crippen LogP contribution in [-0.2, 0) is 4.74 Å². The molecule has 3 heterocycles. The van der Waals surface area contributed by atoms with E-state index < -0.39 is 24.0 Å². The van der Waals surface area contributed by atoms with Crippen LogP contribution in [0.25, 0.3) is 11.2 Å². The summed E-state index contributed by atoms with van der Waals surface area (Å²) in [6.45, 7) is 1.78. The van der Waals surface area contributed by atoms with Crippen molar-refractivity contribution >= 4 is 38.7 Å². The molecule has 0 aromatic carbocycles. The SMILES string of the molecule is CCCSSC1[C@@H](O)[C@@H](CO)O[C@H]1n1cnc2c(=O)[nH]c(N)nc21. The van der Waals surface area contributed by atoms with Gasteiger partial charge in [-0.25, -0.2) is 4.98 Å². The molecule has 9 nitrogen and oxygen atoms in total. The molecule has 2 aromatic rings. The zero-order chi connectivity index (χ0) is 17.3. The molecule has 0 bridgehead atoms. The standard InChI is InChI=1S/C13H19N5O4S2/c1-2-3-23-24-9-8(20)6(4-19)22-12(9)18-5-15-7-10(18)16-13(14)17-11(7)21/h5-6,8-9,12,19-20H,2-4H2,1H3,(H3,14,16,17,21)/t6-,8+,9?,12-/m1/s1. The lowest BCUT2D eigenvalue weighted by atomic mass is 10.2. The number of nitrogen functional groups attached to an aromatic ring is 1. The lowest BCUT2D eigenvalue weighted by Crippen LogP contribution is -2.31. The van der Waals surface area contributed by atoms with E-state index in [0.29, 0.717) is 0 Å². The van der Waals surface area contributed by atoms with Crippen LogP contribution >= 0.6 is 21.6 Å². The van der Waals surface area contributed by atoms with Gasteiger partial charge in [0, 0.05) is 5.75 Å². The maximum atomic E-state index is 11.9. The van der Waals surface area contributed by atoms with Crippen LogP contribution in [-0.4, -0.2) is 59.5 Å². The van der Waals surface area contributed by atoms with Gasteiger partial charge in [-0.3, -0.25) is 14.3 Å². The number of rotatable bonds is 6. The molecule has 132 valence electrons. The Kier molecular flexibility index (Phi) is 5.35. The first-order valence-corrected chi connectivity index (χ1v) is 9.90. The van der Waals surface area contributed by atoms with Crippen molar-refractivity contribution < 1.29 is 14.9 Å². The topological polar surface area (TPSA) is 139 Å². The first-order chi connectivity index (χ1) is 11.6. The Morgan fingerprint density at radius 1 is 1.54 bits per heavy atom. The Morgan fingerprint density at radius 2 is 2.33 bits per heavy atom. The van der Waals surface area contributed by atoms with Gasteiger partial charge in [-0.15, -0.1) is 0 Å². The Balaban J connectivity index is 1.97. The number of nitrogens with two attached hydrogens (primary N) is 1. The average molecular weight is 373 g/mol. The Labute approximate surface area is 145 Å². The van der Waals surface area contributed by atoms with E-state index in [1.165, 1.54) is 17.1 Å². The molecule has 4 atom stereocenters. The van der Waals surface area contributed by atoms with Crippen molar-refractivity contribution in [3.8, 4) is 0 Å². The van der Waals surface area contributed by atoms with Crippen LogP contribution < -0.4 is 11.3 Å². The van der Waals surface area contributed by atoms with Crippen LogP contribution in [0.3, 0.4) is 0 Å².